The maximum Gasteiger partial charge on any atom is 0.268 e. The molecule has 0 N–H and O–H groups in total. The van der Waals surface area contributed by atoms with Gasteiger partial charge in [-0.15, -0.1) is 21.6 Å². The van der Waals surface area contributed by atoms with Crippen LogP contribution in [0.1, 0.15) is 59.3 Å². The van der Waals surface area contributed by atoms with Crippen molar-refractivity contribution in [3.8, 4) is 5.97 Å². The zero-order valence-corrected chi connectivity index (χ0v) is 22.1. The fourth-order valence-electron chi connectivity index (χ4n) is 6.39. The molecule has 2 nitrogen and oxygen atoms in total. The number of rotatable bonds is 4. The second-order valence-corrected chi connectivity index (χ2v) is 11.6. The van der Waals surface area contributed by atoms with Gasteiger partial charge in [-0.05, 0) is 38.4 Å². The number of benzene rings is 2. The first-order chi connectivity index (χ1) is 18.6. The first-order valence-corrected chi connectivity index (χ1v) is 13.1. The fraction of sp³-hybridized carbons (Fsp3) is 0.519. The van der Waals surface area contributed by atoms with E-state index < -0.39 is 92.6 Å². The third-order valence-corrected chi connectivity index (χ3v) is 8.04. The highest BCUT2D eigenvalue weighted by Crippen LogP contribution is 2.44. The summed E-state index contributed by atoms with van der Waals surface area (Å²) in [4.78, 5) is 5.92. The Balaban J connectivity index is 2.25. The van der Waals surface area contributed by atoms with Crippen molar-refractivity contribution in [3.05, 3.63) is 63.0 Å². The van der Waals surface area contributed by atoms with Crippen molar-refractivity contribution < 1.29 is 43.9 Å². The molecule has 0 radical (unpaired) electrons. The highest BCUT2D eigenvalue weighted by molar-refractivity contribution is 7.09. The van der Waals surface area contributed by atoms with Gasteiger partial charge in [0.05, 0.1) is 5.97 Å². The maximum atomic E-state index is 15.7. The molecule has 2 aliphatic rings. The number of hydrogen-bond acceptors (Lipinski definition) is 1. The van der Waals surface area contributed by atoms with Crippen molar-refractivity contribution in [2.45, 2.75) is 76.7 Å². The topological polar surface area (TPSA) is 7.60 Å². The summed E-state index contributed by atoms with van der Waals surface area (Å²) in [6, 6.07) is -0.757. The molecule has 1 aliphatic carbocycles. The van der Waals surface area contributed by atoms with E-state index in [0.717, 1.165) is 6.42 Å². The van der Waals surface area contributed by atoms with Crippen LogP contribution in [0.15, 0.2) is 0 Å². The molecule has 0 bridgehead atoms. The van der Waals surface area contributed by atoms with Crippen molar-refractivity contribution in [2.24, 2.45) is 0 Å². The van der Waals surface area contributed by atoms with E-state index in [9.17, 15) is 26.3 Å². The van der Waals surface area contributed by atoms with Gasteiger partial charge < -0.3 is 4.90 Å². The lowest BCUT2D eigenvalue weighted by Gasteiger charge is -2.46. The van der Waals surface area contributed by atoms with Crippen molar-refractivity contribution in [1.82, 2.24) is 4.90 Å². The highest BCUT2D eigenvalue weighted by atomic mass is 19.2. The first-order valence-electron chi connectivity index (χ1n) is 13.1. The molecule has 2 atom stereocenters. The molecule has 1 aliphatic heterocycles. The predicted molar refractivity (Wildman–Crippen MR) is 131 cm³/mol. The van der Waals surface area contributed by atoms with Gasteiger partial charge >= 0.3 is 0 Å². The summed E-state index contributed by atoms with van der Waals surface area (Å²) in [7, 11) is 0. The normalized spacial score (nSPS) is 20.5. The van der Waals surface area contributed by atoms with Crippen LogP contribution in [0.2, 0.25) is 5.82 Å². The van der Waals surface area contributed by atoms with Crippen molar-refractivity contribution >= 4 is 17.1 Å². The van der Waals surface area contributed by atoms with Crippen LogP contribution >= 0.6 is 0 Å². The Bertz CT molecular complexity index is 1260. The minimum absolute atomic E-state index is 0.0905. The monoisotopic (exact) mass is 580 g/mol. The summed E-state index contributed by atoms with van der Waals surface area (Å²) < 4.78 is 150. The second kappa shape index (κ2) is 10.9. The summed E-state index contributed by atoms with van der Waals surface area (Å²) >= 11 is 0. The van der Waals surface area contributed by atoms with E-state index >= 15 is 17.6 Å². The Morgan fingerprint density at radius 1 is 0.600 bits per heavy atom. The van der Waals surface area contributed by atoms with Gasteiger partial charge in [0.2, 0.25) is 6.15 Å². The standard InChI is InChI=1S/C27H27BF10N2/c1-27(2,3)39-12-28(15-17(29)21(33)25(37)22(34)18(15)30,16-19(31)23(35)26(38)24(36)20(16)32)13-8-7-9-14(13)40-10-5-4-6-11-40/h13-14H,4-11H2,1-3H3/t13-,14-/m0/s1. The number of hydrogen-bond donors (Lipinski definition) is 0. The van der Waals surface area contributed by atoms with Gasteiger partial charge in [0.1, 0.15) is 23.3 Å². The molecule has 4 rings (SSSR count). The Kier molecular flexibility index (Phi) is 8.25. The Labute approximate surface area is 225 Å². The smallest absolute Gasteiger partial charge is 0.268 e. The van der Waals surface area contributed by atoms with Crippen LogP contribution in [0.5, 0.6) is 0 Å². The van der Waals surface area contributed by atoms with Crippen LogP contribution in [0.3, 0.4) is 0 Å². The third-order valence-electron chi connectivity index (χ3n) is 8.04. The molecule has 1 saturated heterocycles. The van der Waals surface area contributed by atoms with Gasteiger partial charge in [-0.25, -0.2) is 43.9 Å². The van der Waals surface area contributed by atoms with Crippen LogP contribution in [0.25, 0.3) is 4.85 Å². The number of piperidine rings is 1. The van der Waals surface area contributed by atoms with E-state index in [1.165, 1.54) is 20.8 Å². The van der Waals surface area contributed by atoms with E-state index in [1.54, 1.807) is 0 Å². The molecular formula is C27H27BF10N2. The van der Waals surface area contributed by atoms with Crippen LogP contribution in [-0.4, -0.2) is 35.7 Å². The zero-order chi connectivity index (χ0) is 29.7. The zero-order valence-electron chi connectivity index (χ0n) is 22.1. The van der Waals surface area contributed by atoms with E-state index in [4.69, 9.17) is 0 Å². The quantitative estimate of drug-likeness (QED) is 0.169. The van der Waals surface area contributed by atoms with Crippen LogP contribution in [0.4, 0.5) is 43.9 Å². The van der Waals surface area contributed by atoms with Gasteiger partial charge in [0, 0.05) is 20.8 Å². The molecule has 0 spiro atoms. The highest BCUT2D eigenvalue weighted by Gasteiger charge is 2.55. The van der Waals surface area contributed by atoms with Crippen molar-refractivity contribution in [1.29, 1.82) is 0 Å². The lowest BCUT2D eigenvalue weighted by molar-refractivity contribution is 0.164. The summed E-state index contributed by atoms with van der Waals surface area (Å²) in [5, 5.41) is 0. The molecule has 218 valence electrons. The van der Waals surface area contributed by atoms with E-state index in [2.05, 4.69) is 10.8 Å². The number of halogens is 10. The average Bonchev–Trinajstić information content (AvgIpc) is 3.42. The summed E-state index contributed by atoms with van der Waals surface area (Å²) in [5.74, 6) is -23.6. The molecule has 2 aromatic rings. The summed E-state index contributed by atoms with van der Waals surface area (Å²) in [5.41, 5.74) is -4.61. The minimum atomic E-state index is -4.22. The second-order valence-electron chi connectivity index (χ2n) is 11.6. The Hall–Kier alpha value is -2.75. The van der Waals surface area contributed by atoms with Gasteiger partial charge in [-0.1, -0.05) is 19.3 Å². The Morgan fingerprint density at radius 2 is 1.00 bits per heavy atom. The van der Waals surface area contributed by atoms with Crippen LogP contribution in [0, 0.1) is 64.1 Å². The molecule has 1 saturated carbocycles. The van der Waals surface area contributed by atoms with Gasteiger partial charge in [-0.2, -0.15) is 0 Å². The first kappa shape index (κ1) is 30.2. The fourth-order valence-corrected chi connectivity index (χ4v) is 6.39. The van der Waals surface area contributed by atoms with Crippen LogP contribution < -0.4 is 10.9 Å². The number of nitrogens with zero attached hydrogens (tertiary/aromatic N) is 2. The van der Waals surface area contributed by atoms with Gasteiger partial charge in [0.15, 0.2) is 34.9 Å². The lowest BCUT2D eigenvalue weighted by Crippen LogP contribution is -2.68. The molecule has 2 fully saturated rings. The van der Waals surface area contributed by atoms with E-state index in [1.807, 2.05) is 4.90 Å². The molecular weight excluding hydrogens is 553 g/mol. The van der Waals surface area contributed by atoms with E-state index in [-0.39, 0.29) is 19.3 Å². The van der Waals surface area contributed by atoms with Gasteiger partial charge in [0.25, 0.3) is 5.54 Å². The SMILES string of the molecule is CC(C)(C)[N+]#C[B-](c1c(F)c(F)c(F)c(F)c1F)(c1c(F)c(F)c(F)c(F)c1F)[C@H]1CCC[C@@H]1N1CCCCC1. The maximum absolute atomic E-state index is 15.7. The van der Waals surface area contributed by atoms with Gasteiger partial charge in [-0.3, -0.25) is 0 Å². The third kappa shape index (κ3) is 4.86. The van der Waals surface area contributed by atoms with E-state index in [0.29, 0.717) is 25.9 Å². The molecule has 0 amide bonds. The van der Waals surface area contributed by atoms with Crippen LogP contribution in [-0.2, 0) is 0 Å². The molecule has 13 heteroatoms. The molecule has 0 aromatic heterocycles. The van der Waals surface area contributed by atoms with Crippen molar-refractivity contribution in [3.63, 3.8) is 0 Å². The molecule has 2 aromatic carbocycles. The van der Waals surface area contributed by atoms with Crippen molar-refractivity contribution in [2.75, 3.05) is 13.1 Å². The molecule has 1 heterocycles. The number of likely N-dealkylation sites (tertiary alicyclic amines) is 1. The summed E-state index contributed by atoms with van der Waals surface area (Å²) in [6.45, 7) is 5.27. The molecule has 0 unspecified atom stereocenters. The predicted octanol–water partition coefficient (Wildman–Crippen LogP) is 6.72. The Morgan fingerprint density at radius 3 is 1.40 bits per heavy atom. The largest absolute Gasteiger partial charge is 0.303 e. The average molecular weight is 580 g/mol. The summed E-state index contributed by atoms with van der Waals surface area (Å²) in [6.07, 6.45) is -1.47. The molecule has 40 heavy (non-hydrogen) atoms. The minimum Gasteiger partial charge on any atom is -0.303 e. The lowest BCUT2D eigenvalue weighted by atomic mass is 9.13.